The second kappa shape index (κ2) is 5.55. The third-order valence-electron chi connectivity index (χ3n) is 2.08. The second-order valence-corrected chi connectivity index (χ2v) is 3.33. The van der Waals surface area contributed by atoms with Crippen molar-refractivity contribution >= 4 is 0 Å². The number of nitrogens with zero attached hydrogens (tertiary/aromatic N) is 1. The smallest absolute Gasteiger partial charge is 0.401 e. The summed E-state index contributed by atoms with van der Waals surface area (Å²) in [5.74, 6) is 0.585. The van der Waals surface area contributed by atoms with Gasteiger partial charge in [0, 0.05) is 0 Å². The Morgan fingerprint density at radius 2 is 1.94 bits per heavy atom. The molecule has 6 heteroatoms. The van der Waals surface area contributed by atoms with Gasteiger partial charge in [0.15, 0.2) is 0 Å². The number of ether oxygens (including phenoxy) is 1. The zero-order valence-electron chi connectivity index (χ0n) is 9.08. The predicted octanol–water partition coefficient (Wildman–Crippen LogP) is 2.41. The van der Waals surface area contributed by atoms with Gasteiger partial charge in [-0.25, -0.2) is 0 Å². The highest BCUT2D eigenvalue weighted by molar-refractivity contribution is 5.31. The average Bonchev–Trinajstić information content (AvgIpc) is 2.29. The molecule has 1 rings (SSSR count). The van der Waals surface area contributed by atoms with Crippen LogP contribution in [0.5, 0.6) is 5.75 Å². The fourth-order valence-corrected chi connectivity index (χ4v) is 1.25. The molecule has 1 atom stereocenters. The van der Waals surface area contributed by atoms with Crippen LogP contribution in [0.2, 0.25) is 0 Å². The first kappa shape index (κ1) is 13.3. The molecule has 0 amide bonds. The Hall–Kier alpha value is -1.74. The summed E-state index contributed by atoms with van der Waals surface area (Å²) in [6.07, 6.45) is -4.33. The molecule has 0 aliphatic heterocycles. The molecule has 0 aliphatic carbocycles. The highest BCUT2D eigenvalue weighted by atomic mass is 19.4. The van der Waals surface area contributed by atoms with Crippen molar-refractivity contribution in [3.8, 4) is 11.8 Å². The Balaban J connectivity index is 2.70. The van der Waals surface area contributed by atoms with Crippen molar-refractivity contribution in [2.75, 3.05) is 13.7 Å². The molecule has 0 bridgehead atoms. The van der Waals surface area contributed by atoms with E-state index in [1.54, 1.807) is 30.3 Å². The summed E-state index contributed by atoms with van der Waals surface area (Å²) in [6, 6.07) is 7.08. The first-order chi connectivity index (χ1) is 7.96. The maximum atomic E-state index is 12.0. The first-order valence-electron chi connectivity index (χ1n) is 4.80. The normalized spacial score (nSPS) is 12.9. The molecule has 0 aromatic heterocycles. The molecule has 1 unspecified atom stereocenters. The van der Waals surface area contributed by atoms with Crippen molar-refractivity contribution in [3.63, 3.8) is 0 Å². The molecule has 0 radical (unpaired) electrons. The van der Waals surface area contributed by atoms with E-state index in [9.17, 15) is 13.2 Å². The molecule has 92 valence electrons. The first-order valence-corrected chi connectivity index (χ1v) is 4.80. The summed E-state index contributed by atoms with van der Waals surface area (Å²) < 4.78 is 40.9. The lowest BCUT2D eigenvalue weighted by atomic mass is 10.1. The Bertz CT molecular complexity index is 395. The number of nitriles is 1. The SMILES string of the molecule is COc1ccc(C(C#N)NCC(F)(F)F)cc1. The van der Waals surface area contributed by atoms with Gasteiger partial charge in [-0.05, 0) is 17.7 Å². The number of methoxy groups -OCH3 is 1. The van der Waals surface area contributed by atoms with Crippen LogP contribution in [-0.4, -0.2) is 19.8 Å². The van der Waals surface area contributed by atoms with Crippen molar-refractivity contribution in [3.05, 3.63) is 29.8 Å². The summed E-state index contributed by atoms with van der Waals surface area (Å²) in [4.78, 5) is 0. The standard InChI is InChI=1S/C11H11F3N2O/c1-17-9-4-2-8(3-5-9)10(6-15)16-7-11(12,13)14/h2-5,10,16H,7H2,1H3. The lowest BCUT2D eigenvalue weighted by molar-refractivity contribution is -0.125. The molecule has 1 N–H and O–H groups in total. The third-order valence-corrected chi connectivity index (χ3v) is 2.08. The number of alkyl halides is 3. The maximum absolute atomic E-state index is 12.0. The van der Waals surface area contributed by atoms with Crippen molar-refractivity contribution in [1.29, 1.82) is 5.26 Å². The minimum Gasteiger partial charge on any atom is -0.497 e. The van der Waals surface area contributed by atoms with Crippen LogP contribution in [0.25, 0.3) is 0 Å². The van der Waals surface area contributed by atoms with Crippen LogP contribution < -0.4 is 10.1 Å². The van der Waals surface area contributed by atoms with Gasteiger partial charge in [-0.2, -0.15) is 18.4 Å². The molecule has 0 spiro atoms. The number of halogens is 3. The highest BCUT2D eigenvalue weighted by Gasteiger charge is 2.28. The molecule has 0 saturated heterocycles. The lowest BCUT2D eigenvalue weighted by Gasteiger charge is -2.13. The summed E-state index contributed by atoms with van der Waals surface area (Å²) in [5.41, 5.74) is 0.470. The summed E-state index contributed by atoms with van der Waals surface area (Å²) in [7, 11) is 1.48. The van der Waals surface area contributed by atoms with Crippen LogP contribution in [0.1, 0.15) is 11.6 Å². The second-order valence-electron chi connectivity index (χ2n) is 3.33. The van der Waals surface area contributed by atoms with E-state index in [0.29, 0.717) is 11.3 Å². The quantitative estimate of drug-likeness (QED) is 0.884. The molecular weight excluding hydrogens is 233 g/mol. The van der Waals surface area contributed by atoms with E-state index in [2.05, 4.69) is 5.32 Å². The molecule has 0 heterocycles. The van der Waals surface area contributed by atoms with Crippen LogP contribution in [-0.2, 0) is 0 Å². The van der Waals surface area contributed by atoms with Crippen LogP contribution in [0.15, 0.2) is 24.3 Å². The van der Waals surface area contributed by atoms with Gasteiger partial charge in [-0.3, -0.25) is 5.32 Å². The van der Waals surface area contributed by atoms with Gasteiger partial charge in [-0.15, -0.1) is 0 Å². The average molecular weight is 244 g/mol. The predicted molar refractivity (Wildman–Crippen MR) is 55.4 cm³/mol. The van der Waals surface area contributed by atoms with E-state index in [1.807, 2.05) is 0 Å². The fraction of sp³-hybridized carbons (Fsp3) is 0.364. The van der Waals surface area contributed by atoms with Gasteiger partial charge in [0.1, 0.15) is 11.8 Å². The van der Waals surface area contributed by atoms with Crippen molar-refractivity contribution in [2.24, 2.45) is 0 Å². The highest BCUT2D eigenvalue weighted by Crippen LogP contribution is 2.19. The zero-order valence-corrected chi connectivity index (χ0v) is 9.08. The third kappa shape index (κ3) is 4.33. The minimum atomic E-state index is -4.33. The molecule has 0 aliphatic rings. The molecule has 0 saturated carbocycles. The minimum absolute atomic E-state index is 0.470. The maximum Gasteiger partial charge on any atom is 0.401 e. The summed E-state index contributed by atoms with van der Waals surface area (Å²) in [6.45, 7) is -1.20. The van der Waals surface area contributed by atoms with Gasteiger partial charge in [0.2, 0.25) is 0 Å². The number of hydrogen-bond acceptors (Lipinski definition) is 3. The number of rotatable bonds is 4. The van der Waals surface area contributed by atoms with Crippen molar-refractivity contribution in [1.82, 2.24) is 5.32 Å². The van der Waals surface area contributed by atoms with E-state index >= 15 is 0 Å². The Kier molecular flexibility index (Phi) is 4.35. The van der Waals surface area contributed by atoms with Crippen molar-refractivity contribution in [2.45, 2.75) is 12.2 Å². The Labute approximate surface area is 96.8 Å². The monoisotopic (exact) mass is 244 g/mol. The van der Waals surface area contributed by atoms with Crippen molar-refractivity contribution < 1.29 is 17.9 Å². The lowest BCUT2D eigenvalue weighted by Crippen LogP contribution is -2.31. The number of benzene rings is 1. The molecule has 1 aromatic rings. The van der Waals surface area contributed by atoms with Gasteiger partial charge in [0.25, 0.3) is 0 Å². The van der Waals surface area contributed by atoms with Crippen LogP contribution in [0.4, 0.5) is 13.2 Å². The zero-order chi connectivity index (χ0) is 12.9. The van der Waals surface area contributed by atoms with Crippen LogP contribution in [0, 0.1) is 11.3 Å². The summed E-state index contributed by atoms with van der Waals surface area (Å²) >= 11 is 0. The van der Waals surface area contributed by atoms with E-state index in [-0.39, 0.29) is 0 Å². The fourth-order valence-electron chi connectivity index (χ4n) is 1.25. The molecule has 3 nitrogen and oxygen atoms in total. The van der Waals surface area contributed by atoms with Gasteiger partial charge >= 0.3 is 6.18 Å². The largest absolute Gasteiger partial charge is 0.497 e. The van der Waals surface area contributed by atoms with E-state index in [4.69, 9.17) is 10.00 Å². The van der Waals surface area contributed by atoms with E-state index < -0.39 is 18.8 Å². The van der Waals surface area contributed by atoms with Crippen LogP contribution >= 0.6 is 0 Å². The number of hydrogen-bond donors (Lipinski definition) is 1. The van der Waals surface area contributed by atoms with Gasteiger partial charge < -0.3 is 4.74 Å². The van der Waals surface area contributed by atoms with E-state index in [1.165, 1.54) is 7.11 Å². The topological polar surface area (TPSA) is 45.0 Å². The molecule has 17 heavy (non-hydrogen) atoms. The molecule has 1 aromatic carbocycles. The van der Waals surface area contributed by atoms with Gasteiger partial charge in [-0.1, -0.05) is 12.1 Å². The molecule has 0 fully saturated rings. The molecular formula is C11H11F3N2O. The van der Waals surface area contributed by atoms with Gasteiger partial charge in [0.05, 0.1) is 19.7 Å². The summed E-state index contributed by atoms with van der Waals surface area (Å²) in [5, 5.41) is 10.9. The Morgan fingerprint density at radius 1 is 1.35 bits per heavy atom. The van der Waals surface area contributed by atoms with Crippen LogP contribution in [0.3, 0.4) is 0 Å². The Morgan fingerprint density at radius 3 is 2.35 bits per heavy atom. The number of nitrogens with one attached hydrogen (secondary N) is 1. The van der Waals surface area contributed by atoms with E-state index in [0.717, 1.165) is 0 Å².